The van der Waals surface area contributed by atoms with Crippen LogP contribution in [-0.2, 0) is 4.79 Å². The molecular formula is C28H27N5O3. The maximum Gasteiger partial charge on any atom is 0.259 e. The molecule has 1 saturated heterocycles. The van der Waals surface area contributed by atoms with Crippen molar-refractivity contribution < 1.29 is 14.4 Å². The fourth-order valence-electron chi connectivity index (χ4n) is 4.55. The standard InChI is InChI=1S/C28H27N5O3/c1-20(34)22-8-7-9-23(18-22)30-26(35)21-12-16-32(17-13-21)28(36)25-19-29-33(24-10-3-2-4-11-24)27(25)31-14-5-6-15-31/h2-11,14-15,18-19,21H,12-13,16-17H2,1H3,(H,30,35). The minimum absolute atomic E-state index is 0.0483. The van der Waals surface area contributed by atoms with E-state index in [1.807, 2.05) is 59.4 Å². The van der Waals surface area contributed by atoms with E-state index in [2.05, 4.69) is 10.4 Å². The number of likely N-dealkylation sites (tertiary alicyclic amines) is 1. The summed E-state index contributed by atoms with van der Waals surface area (Å²) < 4.78 is 3.66. The molecule has 1 aliphatic heterocycles. The molecule has 8 nitrogen and oxygen atoms in total. The third-order valence-corrected chi connectivity index (χ3v) is 6.51. The number of piperidine rings is 1. The fraction of sp³-hybridized carbons (Fsp3) is 0.214. The second kappa shape index (κ2) is 10.0. The number of para-hydroxylation sites is 1. The SMILES string of the molecule is CC(=O)c1cccc(NC(=O)C2CCN(C(=O)c3cnn(-c4ccccc4)c3-n3cccc3)CC2)c1. The Balaban J connectivity index is 1.29. The number of aromatic nitrogens is 3. The van der Waals surface area contributed by atoms with Gasteiger partial charge in [0, 0.05) is 42.7 Å². The molecule has 2 aromatic heterocycles. The Labute approximate surface area is 209 Å². The molecule has 0 aliphatic carbocycles. The van der Waals surface area contributed by atoms with Gasteiger partial charge < -0.3 is 14.8 Å². The number of Topliss-reactive ketones (excluding diaryl/α,β-unsaturated/α-hetero) is 1. The number of carbonyl (C=O) groups excluding carboxylic acids is 3. The van der Waals surface area contributed by atoms with Crippen molar-refractivity contribution in [3.63, 3.8) is 0 Å². The number of rotatable bonds is 6. The Bertz CT molecular complexity index is 1380. The molecule has 1 aliphatic rings. The molecule has 0 bridgehead atoms. The van der Waals surface area contributed by atoms with Gasteiger partial charge in [-0.2, -0.15) is 5.10 Å². The van der Waals surface area contributed by atoms with Gasteiger partial charge in [0.25, 0.3) is 5.91 Å². The second-order valence-corrected chi connectivity index (χ2v) is 8.91. The molecule has 182 valence electrons. The van der Waals surface area contributed by atoms with Crippen molar-refractivity contribution in [2.75, 3.05) is 18.4 Å². The maximum absolute atomic E-state index is 13.6. The van der Waals surface area contributed by atoms with Gasteiger partial charge >= 0.3 is 0 Å². The number of ketones is 1. The average Bonchev–Trinajstić information content (AvgIpc) is 3.59. The summed E-state index contributed by atoms with van der Waals surface area (Å²) in [6.07, 6.45) is 6.53. The Hall–Kier alpha value is -4.46. The number of benzene rings is 2. The molecule has 0 saturated carbocycles. The first-order chi connectivity index (χ1) is 17.5. The minimum Gasteiger partial charge on any atom is -0.338 e. The molecule has 0 unspecified atom stereocenters. The van der Waals surface area contributed by atoms with Crippen LogP contribution in [0, 0.1) is 5.92 Å². The van der Waals surface area contributed by atoms with Gasteiger partial charge in [-0.3, -0.25) is 14.4 Å². The third-order valence-electron chi connectivity index (χ3n) is 6.51. The van der Waals surface area contributed by atoms with Gasteiger partial charge in [-0.05, 0) is 56.2 Å². The quantitative estimate of drug-likeness (QED) is 0.415. The largest absolute Gasteiger partial charge is 0.338 e. The number of hydrogen-bond acceptors (Lipinski definition) is 4. The van der Waals surface area contributed by atoms with Crippen molar-refractivity contribution in [2.45, 2.75) is 19.8 Å². The lowest BCUT2D eigenvalue weighted by atomic mass is 9.95. The molecule has 8 heteroatoms. The molecule has 4 aromatic rings. The normalized spacial score (nSPS) is 14.0. The zero-order valence-corrected chi connectivity index (χ0v) is 20.0. The Morgan fingerprint density at radius 1 is 0.917 bits per heavy atom. The molecule has 2 amide bonds. The molecule has 1 N–H and O–H groups in total. The van der Waals surface area contributed by atoms with Crippen molar-refractivity contribution in [1.82, 2.24) is 19.2 Å². The first-order valence-corrected chi connectivity index (χ1v) is 12.0. The highest BCUT2D eigenvalue weighted by Crippen LogP contribution is 2.25. The fourth-order valence-corrected chi connectivity index (χ4v) is 4.55. The van der Waals surface area contributed by atoms with Gasteiger partial charge in [-0.15, -0.1) is 0 Å². The maximum atomic E-state index is 13.6. The van der Waals surface area contributed by atoms with Gasteiger partial charge in [0.1, 0.15) is 5.56 Å². The lowest BCUT2D eigenvalue weighted by Crippen LogP contribution is -2.41. The van der Waals surface area contributed by atoms with Crippen molar-refractivity contribution in [1.29, 1.82) is 0 Å². The first-order valence-electron chi connectivity index (χ1n) is 12.0. The van der Waals surface area contributed by atoms with E-state index in [1.165, 1.54) is 6.92 Å². The van der Waals surface area contributed by atoms with Crippen molar-refractivity contribution in [3.8, 4) is 11.5 Å². The van der Waals surface area contributed by atoms with Gasteiger partial charge in [0.05, 0.1) is 11.9 Å². The van der Waals surface area contributed by atoms with Gasteiger partial charge in [-0.25, -0.2) is 4.68 Å². The summed E-state index contributed by atoms with van der Waals surface area (Å²) in [5.41, 5.74) is 2.54. The summed E-state index contributed by atoms with van der Waals surface area (Å²) in [6, 6.07) is 20.5. The van der Waals surface area contributed by atoms with E-state index in [0.29, 0.717) is 48.6 Å². The monoisotopic (exact) mass is 481 g/mol. The number of amides is 2. The van der Waals surface area contributed by atoms with Crippen LogP contribution in [-0.4, -0.2) is 49.9 Å². The third kappa shape index (κ3) is 4.70. The summed E-state index contributed by atoms with van der Waals surface area (Å²) in [5, 5.41) is 7.45. The lowest BCUT2D eigenvalue weighted by Gasteiger charge is -2.31. The summed E-state index contributed by atoms with van der Waals surface area (Å²) in [7, 11) is 0. The Morgan fingerprint density at radius 3 is 2.33 bits per heavy atom. The van der Waals surface area contributed by atoms with E-state index in [0.717, 1.165) is 5.69 Å². The summed E-state index contributed by atoms with van der Waals surface area (Å²) in [4.78, 5) is 39.8. The molecular weight excluding hydrogens is 454 g/mol. The predicted octanol–water partition coefficient (Wildman–Crippen LogP) is 4.36. The van der Waals surface area contributed by atoms with Crippen molar-refractivity contribution >= 4 is 23.3 Å². The van der Waals surface area contributed by atoms with Crippen molar-refractivity contribution in [2.24, 2.45) is 5.92 Å². The van der Waals surface area contributed by atoms with E-state index in [9.17, 15) is 14.4 Å². The summed E-state index contributed by atoms with van der Waals surface area (Å²) in [6.45, 7) is 2.46. The number of nitrogens with one attached hydrogen (secondary N) is 1. The van der Waals surface area contributed by atoms with E-state index in [1.54, 1.807) is 40.0 Å². The van der Waals surface area contributed by atoms with Crippen LogP contribution < -0.4 is 5.32 Å². The lowest BCUT2D eigenvalue weighted by molar-refractivity contribution is -0.121. The number of carbonyl (C=O) groups is 3. The van der Waals surface area contributed by atoms with Gasteiger partial charge in [-0.1, -0.05) is 30.3 Å². The minimum atomic E-state index is -0.203. The topological polar surface area (TPSA) is 89.2 Å². The molecule has 0 atom stereocenters. The zero-order valence-electron chi connectivity index (χ0n) is 20.0. The van der Waals surface area contributed by atoms with Crippen LogP contribution in [0.3, 0.4) is 0 Å². The highest BCUT2D eigenvalue weighted by molar-refractivity contribution is 5.99. The van der Waals surface area contributed by atoms with Crippen LogP contribution >= 0.6 is 0 Å². The van der Waals surface area contributed by atoms with Gasteiger partial charge in [0.15, 0.2) is 11.6 Å². The predicted molar refractivity (Wildman–Crippen MR) is 137 cm³/mol. The molecule has 0 radical (unpaired) electrons. The second-order valence-electron chi connectivity index (χ2n) is 8.91. The molecule has 1 fully saturated rings. The first kappa shape index (κ1) is 23.3. The van der Waals surface area contributed by atoms with Crippen LogP contribution in [0.25, 0.3) is 11.5 Å². The highest BCUT2D eigenvalue weighted by atomic mass is 16.2. The Kier molecular flexibility index (Phi) is 6.49. The van der Waals surface area contributed by atoms with Crippen LogP contribution in [0.2, 0.25) is 0 Å². The van der Waals surface area contributed by atoms with Gasteiger partial charge in [0.2, 0.25) is 5.91 Å². The van der Waals surface area contributed by atoms with Crippen LogP contribution in [0.1, 0.15) is 40.5 Å². The van der Waals surface area contributed by atoms with E-state index < -0.39 is 0 Å². The van der Waals surface area contributed by atoms with Crippen LogP contribution in [0.4, 0.5) is 5.69 Å². The number of anilines is 1. The zero-order chi connectivity index (χ0) is 25.1. The molecule has 0 spiro atoms. The smallest absolute Gasteiger partial charge is 0.259 e. The summed E-state index contributed by atoms with van der Waals surface area (Å²) in [5.74, 6) is 0.238. The van der Waals surface area contributed by atoms with E-state index >= 15 is 0 Å². The molecule has 5 rings (SSSR count). The number of nitrogens with zero attached hydrogens (tertiary/aromatic N) is 4. The van der Waals surface area contributed by atoms with Crippen molar-refractivity contribution in [3.05, 3.63) is 96.4 Å². The van der Waals surface area contributed by atoms with Crippen LogP contribution in [0.5, 0.6) is 0 Å². The average molecular weight is 482 g/mol. The molecule has 36 heavy (non-hydrogen) atoms. The summed E-state index contributed by atoms with van der Waals surface area (Å²) >= 11 is 0. The van der Waals surface area contributed by atoms with E-state index in [-0.39, 0.29) is 23.5 Å². The molecule has 2 aromatic carbocycles. The van der Waals surface area contributed by atoms with Crippen LogP contribution in [0.15, 0.2) is 85.3 Å². The highest BCUT2D eigenvalue weighted by Gasteiger charge is 2.30. The Morgan fingerprint density at radius 2 is 1.64 bits per heavy atom. The molecule has 3 heterocycles. The number of hydrogen-bond donors (Lipinski definition) is 1. The van der Waals surface area contributed by atoms with E-state index in [4.69, 9.17) is 0 Å².